The fourth-order valence-electron chi connectivity index (χ4n) is 1.94. The number of hydrogen-bond donors (Lipinski definition) is 2. The Morgan fingerprint density at radius 1 is 1.20 bits per heavy atom. The van der Waals surface area contributed by atoms with Crippen LogP contribution >= 0.6 is 0 Å². The second-order valence-corrected chi connectivity index (χ2v) is 5.99. The van der Waals surface area contributed by atoms with Gasteiger partial charge in [0.1, 0.15) is 5.60 Å². The summed E-state index contributed by atoms with van der Waals surface area (Å²) >= 11 is 0. The maximum Gasteiger partial charge on any atom is 0.407 e. The molecule has 118 valence electrons. The van der Waals surface area contributed by atoms with Crippen molar-refractivity contribution in [3.8, 4) is 0 Å². The van der Waals surface area contributed by atoms with Gasteiger partial charge in [0.2, 0.25) is 0 Å². The predicted octanol–water partition coefficient (Wildman–Crippen LogP) is 0.823. The van der Waals surface area contributed by atoms with Crippen molar-refractivity contribution >= 4 is 6.09 Å². The molecular weight excluding hydrogens is 258 g/mol. The summed E-state index contributed by atoms with van der Waals surface area (Å²) in [7, 11) is 0. The predicted molar refractivity (Wildman–Crippen MR) is 79.0 cm³/mol. The molecule has 6 heteroatoms. The Morgan fingerprint density at radius 2 is 1.90 bits per heavy atom. The Kier molecular flexibility index (Phi) is 7.87. The summed E-state index contributed by atoms with van der Waals surface area (Å²) in [5.74, 6) is 0. The second-order valence-electron chi connectivity index (χ2n) is 5.99. The normalized spacial score (nSPS) is 16.9. The first-order valence-corrected chi connectivity index (χ1v) is 7.45. The summed E-state index contributed by atoms with van der Waals surface area (Å²) in [6.07, 6.45) is 0.763. The zero-order valence-electron chi connectivity index (χ0n) is 13.0. The maximum absolute atomic E-state index is 11.4. The minimum Gasteiger partial charge on any atom is -0.444 e. The number of hydrogen-bond acceptors (Lipinski definition) is 5. The Bertz CT molecular complexity index is 273. The molecule has 0 unspecified atom stereocenters. The Hall–Kier alpha value is -0.850. The fourth-order valence-corrected chi connectivity index (χ4v) is 1.94. The summed E-state index contributed by atoms with van der Waals surface area (Å²) in [6.45, 7) is 12.8. The highest BCUT2D eigenvalue weighted by Gasteiger charge is 2.15. The second kappa shape index (κ2) is 9.15. The van der Waals surface area contributed by atoms with Crippen molar-refractivity contribution in [2.75, 3.05) is 52.5 Å². The van der Waals surface area contributed by atoms with Crippen molar-refractivity contribution in [2.24, 2.45) is 0 Å². The van der Waals surface area contributed by atoms with Crippen LogP contribution in [0.15, 0.2) is 0 Å². The van der Waals surface area contributed by atoms with Gasteiger partial charge in [0.25, 0.3) is 0 Å². The number of rotatable bonds is 7. The summed E-state index contributed by atoms with van der Waals surface area (Å²) in [5.41, 5.74) is -0.435. The molecule has 0 aromatic carbocycles. The third kappa shape index (κ3) is 9.12. The summed E-state index contributed by atoms with van der Waals surface area (Å²) in [5, 5.41) is 6.04. The van der Waals surface area contributed by atoms with Crippen molar-refractivity contribution < 1.29 is 14.3 Å². The molecule has 1 heterocycles. The molecule has 20 heavy (non-hydrogen) atoms. The highest BCUT2D eigenvalue weighted by molar-refractivity contribution is 5.67. The largest absolute Gasteiger partial charge is 0.444 e. The van der Waals surface area contributed by atoms with E-state index in [9.17, 15) is 4.79 Å². The van der Waals surface area contributed by atoms with Crippen molar-refractivity contribution in [2.45, 2.75) is 32.8 Å². The van der Waals surface area contributed by atoms with Crippen molar-refractivity contribution in [3.63, 3.8) is 0 Å². The molecule has 0 atom stereocenters. The summed E-state index contributed by atoms with van der Waals surface area (Å²) in [6, 6.07) is 0. The van der Waals surface area contributed by atoms with E-state index in [1.807, 2.05) is 20.8 Å². The van der Waals surface area contributed by atoms with Crippen LogP contribution in [0, 0.1) is 0 Å². The lowest BCUT2D eigenvalue weighted by molar-refractivity contribution is 0.0374. The van der Waals surface area contributed by atoms with Crippen molar-refractivity contribution in [3.05, 3.63) is 0 Å². The highest BCUT2D eigenvalue weighted by atomic mass is 16.6. The monoisotopic (exact) mass is 287 g/mol. The summed E-state index contributed by atoms with van der Waals surface area (Å²) < 4.78 is 10.5. The van der Waals surface area contributed by atoms with Crippen LogP contribution in [0.2, 0.25) is 0 Å². The maximum atomic E-state index is 11.4. The number of nitrogens with one attached hydrogen (secondary N) is 2. The smallest absolute Gasteiger partial charge is 0.407 e. The van der Waals surface area contributed by atoms with Crippen LogP contribution in [-0.2, 0) is 9.47 Å². The van der Waals surface area contributed by atoms with Crippen LogP contribution in [-0.4, -0.2) is 69.1 Å². The van der Waals surface area contributed by atoms with E-state index in [0.29, 0.717) is 6.54 Å². The standard InChI is InChI=1S/C14H29N3O3/c1-14(2,3)20-13(18)16-7-6-15-5-4-8-17-9-11-19-12-10-17/h15H,4-12H2,1-3H3,(H,16,18). The minimum absolute atomic E-state index is 0.354. The minimum atomic E-state index is -0.435. The SMILES string of the molecule is CC(C)(C)OC(=O)NCCNCCCN1CCOCC1. The quantitative estimate of drug-likeness (QED) is 0.679. The van der Waals surface area contributed by atoms with E-state index in [0.717, 1.165) is 52.4 Å². The van der Waals surface area contributed by atoms with Gasteiger partial charge in [0, 0.05) is 26.2 Å². The number of nitrogens with zero attached hydrogens (tertiary/aromatic N) is 1. The zero-order chi connectivity index (χ0) is 14.8. The van der Waals surface area contributed by atoms with Crippen molar-refractivity contribution in [1.82, 2.24) is 15.5 Å². The molecule has 2 N–H and O–H groups in total. The van der Waals surface area contributed by atoms with Crippen LogP contribution in [0.1, 0.15) is 27.2 Å². The number of amides is 1. The third-order valence-corrected chi connectivity index (χ3v) is 2.90. The van der Waals surface area contributed by atoms with Crippen LogP contribution in [0.4, 0.5) is 4.79 Å². The summed E-state index contributed by atoms with van der Waals surface area (Å²) in [4.78, 5) is 13.8. The first kappa shape index (κ1) is 17.2. The molecule has 0 bridgehead atoms. The molecule has 1 fully saturated rings. The number of alkyl carbamates (subject to hydrolysis) is 1. The average molecular weight is 287 g/mol. The molecule has 0 aromatic rings. The van der Waals surface area contributed by atoms with Crippen LogP contribution in [0.5, 0.6) is 0 Å². The van der Waals surface area contributed by atoms with Gasteiger partial charge in [-0.05, 0) is 40.3 Å². The molecule has 1 saturated heterocycles. The van der Waals surface area contributed by atoms with Gasteiger partial charge >= 0.3 is 6.09 Å². The molecule has 1 aliphatic rings. The lowest BCUT2D eigenvalue weighted by atomic mass is 10.2. The van der Waals surface area contributed by atoms with E-state index in [4.69, 9.17) is 9.47 Å². The highest BCUT2D eigenvalue weighted by Crippen LogP contribution is 2.05. The van der Waals surface area contributed by atoms with Crippen molar-refractivity contribution in [1.29, 1.82) is 0 Å². The molecule has 1 rings (SSSR count). The van der Waals surface area contributed by atoms with E-state index >= 15 is 0 Å². The van der Waals surface area contributed by atoms with Gasteiger partial charge in [-0.15, -0.1) is 0 Å². The van der Waals surface area contributed by atoms with E-state index in [1.165, 1.54) is 0 Å². The molecule has 0 aliphatic carbocycles. The van der Waals surface area contributed by atoms with Gasteiger partial charge in [-0.3, -0.25) is 4.90 Å². The molecular formula is C14H29N3O3. The van der Waals surface area contributed by atoms with Crippen LogP contribution in [0.3, 0.4) is 0 Å². The van der Waals surface area contributed by atoms with E-state index in [2.05, 4.69) is 15.5 Å². The fraction of sp³-hybridized carbons (Fsp3) is 0.929. The first-order valence-electron chi connectivity index (χ1n) is 7.45. The number of ether oxygens (including phenoxy) is 2. The topological polar surface area (TPSA) is 62.8 Å². The molecule has 0 aromatic heterocycles. The van der Waals surface area contributed by atoms with Gasteiger partial charge in [0.15, 0.2) is 0 Å². The van der Waals surface area contributed by atoms with Crippen LogP contribution < -0.4 is 10.6 Å². The molecule has 0 radical (unpaired) electrons. The molecule has 0 spiro atoms. The number of carbonyl (C=O) groups excluding carboxylic acids is 1. The molecule has 1 amide bonds. The van der Waals surface area contributed by atoms with Gasteiger partial charge < -0.3 is 20.1 Å². The van der Waals surface area contributed by atoms with Gasteiger partial charge in [-0.2, -0.15) is 0 Å². The van der Waals surface area contributed by atoms with E-state index < -0.39 is 5.60 Å². The molecule has 1 aliphatic heterocycles. The number of carbonyl (C=O) groups is 1. The lowest BCUT2D eigenvalue weighted by Gasteiger charge is -2.26. The van der Waals surface area contributed by atoms with Crippen LogP contribution in [0.25, 0.3) is 0 Å². The number of morpholine rings is 1. The van der Waals surface area contributed by atoms with Gasteiger partial charge in [0.05, 0.1) is 13.2 Å². The molecule has 0 saturated carbocycles. The Morgan fingerprint density at radius 3 is 2.55 bits per heavy atom. The third-order valence-electron chi connectivity index (χ3n) is 2.90. The molecule has 6 nitrogen and oxygen atoms in total. The van der Waals surface area contributed by atoms with Gasteiger partial charge in [-0.1, -0.05) is 0 Å². The van der Waals surface area contributed by atoms with Gasteiger partial charge in [-0.25, -0.2) is 4.79 Å². The lowest BCUT2D eigenvalue weighted by Crippen LogP contribution is -2.39. The average Bonchev–Trinajstić information content (AvgIpc) is 2.37. The first-order chi connectivity index (χ1) is 9.47. The van der Waals surface area contributed by atoms with E-state index in [1.54, 1.807) is 0 Å². The Labute approximate surface area is 122 Å². The zero-order valence-corrected chi connectivity index (χ0v) is 13.0. The van der Waals surface area contributed by atoms with E-state index in [-0.39, 0.29) is 6.09 Å². The Balaban J connectivity index is 1.88.